The molecule has 0 saturated carbocycles. The summed E-state index contributed by atoms with van der Waals surface area (Å²) >= 11 is 5.98. The van der Waals surface area contributed by atoms with Crippen molar-refractivity contribution in [1.29, 1.82) is 0 Å². The minimum Gasteiger partial charge on any atom is -0.329 e. The Morgan fingerprint density at radius 3 is 2.73 bits per heavy atom. The van der Waals surface area contributed by atoms with Gasteiger partial charge in [-0.25, -0.2) is 22.2 Å². The van der Waals surface area contributed by atoms with Gasteiger partial charge in [0.05, 0.1) is 11.6 Å². The van der Waals surface area contributed by atoms with E-state index in [0.29, 0.717) is 0 Å². The van der Waals surface area contributed by atoms with E-state index in [4.69, 9.17) is 11.6 Å². The number of hydrogen-bond acceptors (Lipinski definition) is 6. The van der Waals surface area contributed by atoms with Crippen molar-refractivity contribution in [3.63, 3.8) is 0 Å². The highest BCUT2D eigenvalue weighted by Gasteiger charge is 2.30. The van der Waals surface area contributed by atoms with Crippen molar-refractivity contribution in [2.45, 2.75) is 4.90 Å². The number of urea groups is 1. The molecule has 0 atom stereocenters. The molecule has 4 amide bonds. The van der Waals surface area contributed by atoms with E-state index >= 15 is 0 Å². The van der Waals surface area contributed by atoms with Crippen LogP contribution in [0.5, 0.6) is 0 Å². The molecule has 136 valence electrons. The Bertz CT molecular complexity index is 973. The number of imide groups is 1. The largest absolute Gasteiger partial charge is 0.329 e. The van der Waals surface area contributed by atoms with E-state index in [1.165, 1.54) is 30.6 Å². The molecule has 1 aliphatic rings. The molecule has 1 fully saturated rings. The molecule has 0 radical (unpaired) electrons. The van der Waals surface area contributed by atoms with Gasteiger partial charge in [-0.05, 0) is 18.2 Å². The highest BCUT2D eigenvalue weighted by atomic mass is 35.5. The van der Waals surface area contributed by atoms with Gasteiger partial charge in [-0.2, -0.15) is 0 Å². The summed E-state index contributed by atoms with van der Waals surface area (Å²) in [6, 6.07) is 3.24. The number of carbonyl (C=O) groups is 3. The van der Waals surface area contributed by atoms with Gasteiger partial charge in [0.2, 0.25) is 5.91 Å². The van der Waals surface area contributed by atoms with E-state index < -0.39 is 34.4 Å². The van der Waals surface area contributed by atoms with Gasteiger partial charge >= 0.3 is 6.03 Å². The molecule has 3 rings (SSSR count). The maximum Gasteiger partial charge on any atom is 0.325 e. The third kappa shape index (κ3) is 3.39. The number of benzene rings is 1. The predicted octanol–water partition coefficient (Wildman–Crippen LogP) is 0.264. The second-order valence-electron chi connectivity index (χ2n) is 5.23. The fourth-order valence-electron chi connectivity index (χ4n) is 2.24. The van der Waals surface area contributed by atoms with Crippen LogP contribution in [-0.4, -0.2) is 53.2 Å². The number of amides is 4. The normalized spacial score (nSPS) is 14.4. The maximum absolute atomic E-state index is 12.5. The number of halogens is 1. The molecular weight excluding hydrogens is 386 g/mol. The second kappa shape index (κ2) is 6.77. The Labute approximate surface area is 152 Å². The van der Waals surface area contributed by atoms with Crippen LogP contribution in [-0.2, 0) is 19.6 Å². The molecule has 10 nitrogen and oxygen atoms in total. The SMILES string of the molecule is O=C(CN1C(=O)CNC1=O)Nc1ccc(Cl)c(S(=O)(=O)n2ccnc2)c1. The highest BCUT2D eigenvalue weighted by molar-refractivity contribution is 7.90. The fraction of sp³-hybridized carbons (Fsp3) is 0.143. The third-order valence-electron chi connectivity index (χ3n) is 3.49. The number of nitrogens with one attached hydrogen (secondary N) is 2. The van der Waals surface area contributed by atoms with Crippen LogP contribution in [0.3, 0.4) is 0 Å². The minimum atomic E-state index is -3.98. The molecule has 1 aliphatic heterocycles. The van der Waals surface area contributed by atoms with Crippen molar-refractivity contribution < 1.29 is 22.8 Å². The molecule has 1 saturated heterocycles. The van der Waals surface area contributed by atoms with Gasteiger partial charge in [-0.15, -0.1) is 0 Å². The molecule has 1 aromatic heterocycles. The van der Waals surface area contributed by atoms with E-state index in [-0.39, 0.29) is 22.2 Å². The summed E-state index contributed by atoms with van der Waals surface area (Å²) in [6.45, 7) is -0.656. The summed E-state index contributed by atoms with van der Waals surface area (Å²) in [7, 11) is -3.98. The molecule has 2 heterocycles. The summed E-state index contributed by atoms with van der Waals surface area (Å²) in [4.78, 5) is 39.2. The zero-order valence-corrected chi connectivity index (χ0v) is 14.6. The van der Waals surface area contributed by atoms with Gasteiger partial charge in [0.25, 0.3) is 15.9 Å². The van der Waals surface area contributed by atoms with E-state index in [9.17, 15) is 22.8 Å². The molecule has 2 aromatic rings. The molecule has 1 aromatic carbocycles. The van der Waals surface area contributed by atoms with Gasteiger partial charge in [0.15, 0.2) is 0 Å². The van der Waals surface area contributed by atoms with Gasteiger partial charge in [0.1, 0.15) is 17.8 Å². The van der Waals surface area contributed by atoms with E-state index in [0.717, 1.165) is 15.2 Å². The summed E-state index contributed by atoms with van der Waals surface area (Å²) < 4.78 is 26.0. The lowest BCUT2D eigenvalue weighted by atomic mass is 10.3. The molecule has 0 unspecified atom stereocenters. The lowest BCUT2D eigenvalue weighted by molar-refractivity contribution is -0.128. The first kappa shape index (κ1) is 17.9. The number of imidazole rings is 1. The lowest BCUT2D eigenvalue weighted by Crippen LogP contribution is -2.38. The van der Waals surface area contributed by atoms with Crippen molar-refractivity contribution in [2.75, 3.05) is 18.4 Å². The average molecular weight is 398 g/mol. The number of nitrogens with zero attached hydrogens (tertiary/aromatic N) is 3. The number of aromatic nitrogens is 2. The molecular formula is C14H12ClN5O5S. The quantitative estimate of drug-likeness (QED) is 0.696. The number of anilines is 1. The van der Waals surface area contributed by atoms with Crippen LogP contribution in [0.4, 0.5) is 10.5 Å². The first-order valence-corrected chi connectivity index (χ1v) is 9.02. The monoisotopic (exact) mass is 397 g/mol. The number of hydrogen-bond donors (Lipinski definition) is 2. The summed E-state index contributed by atoms with van der Waals surface area (Å²) in [5.41, 5.74) is 0.144. The number of carbonyl (C=O) groups excluding carboxylic acids is 3. The molecule has 26 heavy (non-hydrogen) atoms. The summed E-state index contributed by atoms with van der Waals surface area (Å²) in [5, 5.41) is 4.69. The summed E-state index contributed by atoms with van der Waals surface area (Å²) in [6.07, 6.45) is 3.65. The van der Waals surface area contributed by atoms with Crippen LogP contribution in [0.2, 0.25) is 5.02 Å². The smallest absolute Gasteiger partial charge is 0.325 e. The Kier molecular flexibility index (Phi) is 4.66. The summed E-state index contributed by atoms with van der Waals surface area (Å²) in [5.74, 6) is -1.19. The van der Waals surface area contributed by atoms with Gasteiger partial charge in [-0.3, -0.25) is 14.5 Å². The fourth-order valence-corrected chi connectivity index (χ4v) is 3.86. The van der Waals surface area contributed by atoms with E-state index in [1.807, 2.05) is 0 Å². The lowest BCUT2D eigenvalue weighted by Gasteiger charge is -2.13. The van der Waals surface area contributed by atoms with Crippen molar-refractivity contribution in [3.8, 4) is 0 Å². The molecule has 0 bridgehead atoms. The van der Waals surface area contributed by atoms with Gasteiger partial charge < -0.3 is 10.6 Å². The van der Waals surface area contributed by atoms with E-state index in [2.05, 4.69) is 15.6 Å². The topological polar surface area (TPSA) is 130 Å². The van der Waals surface area contributed by atoms with E-state index in [1.54, 1.807) is 0 Å². The predicted molar refractivity (Wildman–Crippen MR) is 90.0 cm³/mol. The minimum absolute atomic E-state index is 0.0363. The number of rotatable bonds is 5. The average Bonchev–Trinajstić information content (AvgIpc) is 3.23. The molecule has 2 N–H and O–H groups in total. The van der Waals surface area contributed by atoms with Gasteiger partial charge in [0, 0.05) is 18.1 Å². The van der Waals surface area contributed by atoms with Crippen LogP contribution in [0.1, 0.15) is 0 Å². The van der Waals surface area contributed by atoms with Gasteiger partial charge in [-0.1, -0.05) is 11.6 Å². The Balaban J connectivity index is 1.81. The highest BCUT2D eigenvalue weighted by Crippen LogP contribution is 2.26. The van der Waals surface area contributed by atoms with Crippen LogP contribution in [0.15, 0.2) is 41.8 Å². The van der Waals surface area contributed by atoms with Crippen molar-refractivity contribution in [3.05, 3.63) is 41.9 Å². The van der Waals surface area contributed by atoms with Crippen LogP contribution < -0.4 is 10.6 Å². The third-order valence-corrected chi connectivity index (χ3v) is 5.60. The first-order chi connectivity index (χ1) is 12.3. The first-order valence-electron chi connectivity index (χ1n) is 7.20. The maximum atomic E-state index is 12.5. The molecule has 12 heteroatoms. The molecule has 0 aliphatic carbocycles. The standard InChI is InChI=1S/C14H12ClN5O5S/c15-10-2-1-9(5-11(10)26(24,25)19-4-3-16-8-19)18-12(21)7-20-13(22)6-17-14(20)23/h1-5,8H,6-7H2,(H,17,23)(H,18,21). The van der Waals surface area contributed by atoms with Crippen LogP contribution in [0, 0.1) is 0 Å². The van der Waals surface area contributed by atoms with Crippen LogP contribution >= 0.6 is 11.6 Å². The van der Waals surface area contributed by atoms with Crippen LogP contribution in [0.25, 0.3) is 0 Å². The Morgan fingerprint density at radius 1 is 1.35 bits per heavy atom. The van der Waals surface area contributed by atoms with Crippen molar-refractivity contribution in [1.82, 2.24) is 19.2 Å². The second-order valence-corrected chi connectivity index (χ2v) is 7.45. The zero-order chi connectivity index (χ0) is 18.9. The van der Waals surface area contributed by atoms with Crippen molar-refractivity contribution >= 4 is 45.2 Å². The van der Waals surface area contributed by atoms with Crippen molar-refractivity contribution in [2.24, 2.45) is 0 Å². The Morgan fingerprint density at radius 2 is 2.12 bits per heavy atom. The molecule has 0 spiro atoms. The Hall–Kier alpha value is -2.92. The zero-order valence-electron chi connectivity index (χ0n) is 13.0.